The van der Waals surface area contributed by atoms with Gasteiger partial charge < -0.3 is 9.84 Å². The van der Waals surface area contributed by atoms with Gasteiger partial charge in [-0.25, -0.2) is 9.78 Å². The molecule has 1 heterocycles. The maximum atomic E-state index is 10.8. The van der Waals surface area contributed by atoms with Gasteiger partial charge in [-0.3, -0.25) is 10.1 Å². The molecule has 0 atom stereocenters. The van der Waals surface area contributed by atoms with Crippen molar-refractivity contribution in [1.82, 2.24) is 4.98 Å². The van der Waals surface area contributed by atoms with Crippen LogP contribution >= 0.6 is 11.3 Å². The minimum Gasteiger partial charge on any atom is -0.482 e. The molecule has 0 saturated heterocycles. The van der Waals surface area contributed by atoms with E-state index in [9.17, 15) is 14.9 Å². The summed E-state index contributed by atoms with van der Waals surface area (Å²) in [5, 5.41) is 20.1. The molecule has 0 aliphatic carbocycles. The van der Waals surface area contributed by atoms with E-state index in [-0.39, 0.29) is 12.3 Å². The van der Waals surface area contributed by atoms with Crippen molar-refractivity contribution in [3.63, 3.8) is 0 Å². The second kappa shape index (κ2) is 7.10. The predicted molar refractivity (Wildman–Crippen MR) is 94.8 cm³/mol. The van der Waals surface area contributed by atoms with Crippen molar-refractivity contribution < 1.29 is 19.6 Å². The minimum absolute atomic E-state index is 0.0450. The zero-order valence-corrected chi connectivity index (χ0v) is 13.6. The third-order valence-corrected chi connectivity index (χ3v) is 4.24. The number of nitro groups is 1. The first-order valence-electron chi connectivity index (χ1n) is 7.19. The van der Waals surface area contributed by atoms with Crippen molar-refractivity contribution >= 4 is 45.4 Å². The molecule has 1 N–H and O–H groups in total. The van der Waals surface area contributed by atoms with Crippen LogP contribution in [0.25, 0.3) is 22.4 Å². The lowest BCUT2D eigenvalue weighted by Crippen LogP contribution is -2.09. The summed E-state index contributed by atoms with van der Waals surface area (Å²) in [5.41, 5.74) is 1.66. The Morgan fingerprint density at radius 1 is 1.24 bits per heavy atom. The number of carboxylic acid groups (broad SMARTS) is 1. The van der Waals surface area contributed by atoms with Crippen LogP contribution < -0.4 is 4.74 Å². The van der Waals surface area contributed by atoms with Gasteiger partial charge >= 0.3 is 5.97 Å². The normalized spacial score (nSPS) is 11.0. The summed E-state index contributed by atoms with van der Waals surface area (Å²) in [6, 6.07) is 11.5. The number of rotatable bonds is 6. The lowest BCUT2D eigenvalue weighted by atomic mass is 10.2. The molecule has 0 aliphatic rings. The molecule has 0 radical (unpaired) electrons. The zero-order chi connectivity index (χ0) is 17.8. The number of thiazole rings is 1. The van der Waals surface area contributed by atoms with Crippen molar-refractivity contribution in [2.24, 2.45) is 0 Å². The molecular weight excluding hydrogens is 344 g/mol. The topological polar surface area (TPSA) is 103 Å². The molecule has 1 aromatic heterocycles. The van der Waals surface area contributed by atoms with Crippen LogP contribution in [-0.2, 0) is 4.79 Å². The average Bonchev–Trinajstić information content (AvgIpc) is 3.01. The molecule has 0 saturated carbocycles. The van der Waals surface area contributed by atoms with Crippen molar-refractivity contribution in [1.29, 1.82) is 0 Å². The quantitative estimate of drug-likeness (QED) is 0.532. The van der Waals surface area contributed by atoms with Crippen LogP contribution in [0.3, 0.4) is 0 Å². The molecule has 7 nitrogen and oxygen atoms in total. The van der Waals surface area contributed by atoms with E-state index in [0.29, 0.717) is 11.3 Å². The second-order valence-electron chi connectivity index (χ2n) is 5.05. The number of aliphatic carboxylic acids is 1. The number of fused-ring (bicyclic) bond motifs is 1. The van der Waals surface area contributed by atoms with Crippen molar-refractivity contribution in [3.05, 3.63) is 63.1 Å². The van der Waals surface area contributed by atoms with E-state index in [1.54, 1.807) is 30.3 Å². The molecule has 8 heteroatoms. The Kier molecular flexibility index (Phi) is 4.71. The number of hydrogen-bond donors (Lipinski definition) is 1. The molecule has 3 rings (SSSR count). The first-order valence-corrected chi connectivity index (χ1v) is 8.00. The maximum Gasteiger partial charge on any atom is 0.341 e. The van der Waals surface area contributed by atoms with Crippen molar-refractivity contribution in [3.8, 4) is 5.75 Å². The monoisotopic (exact) mass is 356 g/mol. The van der Waals surface area contributed by atoms with Gasteiger partial charge in [-0.05, 0) is 29.8 Å². The molecule has 126 valence electrons. The minimum atomic E-state index is -1.03. The Labute approximate surface area is 146 Å². The largest absolute Gasteiger partial charge is 0.482 e. The number of nitrogens with zero attached hydrogens (tertiary/aromatic N) is 2. The standard InChI is InChI=1S/C17H12N2O5S/c20-17(21)10-24-13-5-1-11(2-6-13)3-8-16-18-14-7-4-12(19(22)23)9-15(14)25-16/h1-9H,10H2,(H,20,21). The Hall–Kier alpha value is -3.26. The van der Waals surface area contributed by atoms with E-state index in [1.165, 1.54) is 23.5 Å². The average molecular weight is 356 g/mol. The molecular formula is C17H12N2O5S. The molecule has 0 spiro atoms. The summed E-state index contributed by atoms with van der Waals surface area (Å²) in [7, 11) is 0. The number of benzene rings is 2. The molecule has 0 aliphatic heterocycles. The first-order chi connectivity index (χ1) is 12.0. The van der Waals surface area contributed by atoms with Crippen LogP contribution in [0, 0.1) is 10.1 Å². The maximum absolute atomic E-state index is 10.8. The van der Waals surface area contributed by atoms with Gasteiger partial charge in [0, 0.05) is 12.1 Å². The fourth-order valence-corrected chi connectivity index (χ4v) is 3.01. The fraction of sp³-hybridized carbons (Fsp3) is 0.0588. The molecule has 2 aromatic carbocycles. The van der Waals surface area contributed by atoms with E-state index in [4.69, 9.17) is 9.84 Å². The second-order valence-corrected chi connectivity index (χ2v) is 6.11. The van der Waals surface area contributed by atoms with Gasteiger partial charge in [-0.1, -0.05) is 18.2 Å². The number of carbonyl (C=O) groups is 1. The zero-order valence-electron chi connectivity index (χ0n) is 12.8. The number of carboxylic acids is 1. The molecule has 0 fully saturated rings. The van der Waals surface area contributed by atoms with Gasteiger partial charge in [-0.15, -0.1) is 11.3 Å². The van der Waals surface area contributed by atoms with Gasteiger partial charge in [0.1, 0.15) is 10.8 Å². The summed E-state index contributed by atoms with van der Waals surface area (Å²) in [6.07, 6.45) is 3.68. The van der Waals surface area contributed by atoms with Gasteiger partial charge in [0.25, 0.3) is 5.69 Å². The smallest absolute Gasteiger partial charge is 0.341 e. The fourth-order valence-electron chi connectivity index (χ4n) is 2.10. The Balaban J connectivity index is 1.74. The third kappa shape index (κ3) is 4.18. The molecule has 3 aromatic rings. The van der Waals surface area contributed by atoms with Crippen molar-refractivity contribution in [2.75, 3.05) is 6.61 Å². The Morgan fingerprint density at radius 2 is 2.00 bits per heavy atom. The highest BCUT2D eigenvalue weighted by molar-refractivity contribution is 7.19. The van der Waals surface area contributed by atoms with Gasteiger partial charge in [0.15, 0.2) is 6.61 Å². The summed E-state index contributed by atoms with van der Waals surface area (Å²) in [6.45, 7) is -0.382. The molecule has 0 amide bonds. The molecule has 25 heavy (non-hydrogen) atoms. The van der Waals surface area contributed by atoms with E-state index >= 15 is 0 Å². The summed E-state index contributed by atoms with van der Waals surface area (Å²) >= 11 is 1.37. The van der Waals surface area contributed by atoms with Crippen LogP contribution in [0.4, 0.5) is 5.69 Å². The van der Waals surface area contributed by atoms with Gasteiger partial charge in [0.2, 0.25) is 0 Å². The molecule has 0 bridgehead atoms. The number of ether oxygens (including phenoxy) is 1. The van der Waals surface area contributed by atoms with Crippen LogP contribution in [0.5, 0.6) is 5.75 Å². The van der Waals surface area contributed by atoms with Crippen LogP contribution in [0.15, 0.2) is 42.5 Å². The summed E-state index contributed by atoms with van der Waals surface area (Å²) < 4.78 is 5.82. The van der Waals surface area contributed by atoms with Crippen LogP contribution in [0.2, 0.25) is 0 Å². The van der Waals surface area contributed by atoms with E-state index in [0.717, 1.165) is 15.3 Å². The Bertz CT molecular complexity index is 963. The predicted octanol–water partition coefficient (Wildman–Crippen LogP) is 3.84. The van der Waals surface area contributed by atoms with Gasteiger partial charge in [-0.2, -0.15) is 0 Å². The number of aromatic nitrogens is 1. The SMILES string of the molecule is O=C(O)COc1ccc(C=Cc2nc3ccc([N+](=O)[O-])cc3s2)cc1. The number of nitro benzene ring substituents is 1. The lowest BCUT2D eigenvalue weighted by Gasteiger charge is -2.02. The van der Waals surface area contributed by atoms with E-state index in [2.05, 4.69) is 4.98 Å². The highest BCUT2D eigenvalue weighted by Gasteiger charge is 2.09. The molecule has 0 unspecified atom stereocenters. The van der Waals surface area contributed by atoms with Gasteiger partial charge in [0.05, 0.1) is 15.1 Å². The van der Waals surface area contributed by atoms with E-state index in [1.807, 2.05) is 12.2 Å². The summed E-state index contributed by atoms with van der Waals surface area (Å²) in [4.78, 5) is 25.2. The summed E-state index contributed by atoms with van der Waals surface area (Å²) in [5.74, 6) is -0.549. The number of hydrogen-bond acceptors (Lipinski definition) is 6. The van der Waals surface area contributed by atoms with Crippen molar-refractivity contribution in [2.45, 2.75) is 0 Å². The highest BCUT2D eigenvalue weighted by atomic mass is 32.1. The van der Waals surface area contributed by atoms with Crippen LogP contribution in [0.1, 0.15) is 10.6 Å². The number of non-ortho nitro benzene ring substituents is 1. The third-order valence-electron chi connectivity index (χ3n) is 3.26. The highest BCUT2D eigenvalue weighted by Crippen LogP contribution is 2.27. The van der Waals surface area contributed by atoms with E-state index < -0.39 is 10.9 Å². The Morgan fingerprint density at radius 3 is 2.68 bits per heavy atom. The van der Waals surface area contributed by atoms with Crippen LogP contribution in [-0.4, -0.2) is 27.6 Å². The lowest BCUT2D eigenvalue weighted by molar-refractivity contribution is -0.384. The first kappa shape index (κ1) is 16.6.